The molecule has 1 aliphatic heterocycles. The second kappa shape index (κ2) is 11.4. The maximum absolute atomic E-state index is 12.6. The Morgan fingerprint density at radius 1 is 1.24 bits per heavy atom. The van der Waals surface area contributed by atoms with Crippen LogP contribution in [0.5, 0.6) is 0 Å². The molecule has 2 fully saturated rings. The summed E-state index contributed by atoms with van der Waals surface area (Å²) in [6.45, 7) is 5.87. The number of piperidine rings is 1. The molecule has 2 unspecified atom stereocenters. The largest absolute Gasteiger partial charge is 0.354 e. The molecule has 3 rings (SSSR count). The molecule has 1 aromatic rings. The van der Waals surface area contributed by atoms with Crippen LogP contribution in [0.1, 0.15) is 57.4 Å². The lowest BCUT2D eigenvalue weighted by Gasteiger charge is -2.35. The van der Waals surface area contributed by atoms with E-state index in [1.807, 2.05) is 24.1 Å². The average Bonchev–Trinajstić information content (AvgIpc) is 3.48. The number of carbonyl (C=O) groups is 1. The first-order valence-electron chi connectivity index (χ1n) is 10.6. The molecule has 2 atom stereocenters. The zero-order valence-electron chi connectivity index (χ0n) is 17.7. The van der Waals surface area contributed by atoms with Gasteiger partial charge in [0.25, 0.3) is 0 Å². The van der Waals surface area contributed by atoms with Crippen molar-refractivity contribution in [2.45, 2.75) is 64.0 Å². The Hall–Kier alpha value is -1.02. The maximum atomic E-state index is 12.6. The van der Waals surface area contributed by atoms with Crippen molar-refractivity contribution in [1.29, 1.82) is 0 Å². The van der Waals surface area contributed by atoms with Gasteiger partial charge < -0.3 is 15.5 Å². The van der Waals surface area contributed by atoms with Gasteiger partial charge in [-0.1, -0.05) is 37.6 Å². The van der Waals surface area contributed by atoms with Crippen LogP contribution in [-0.2, 0) is 4.79 Å². The minimum Gasteiger partial charge on any atom is -0.354 e. The van der Waals surface area contributed by atoms with Crippen molar-refractivity contribution in [3.05, 3.63) is 34.9 Å². The van der Waals surface area contributed by atoms with E-state index >= 15 is 0 Å². The van der Waals surface area contributed by atoms with Gasteiger partial charge in [-0.05, 0) is 49.8 Å². The van der Waals surface area contributed by atoms with Gasteiger partial charge in [-0.2, -0.15) is 0 Å². The molecule has 2 N–H and O–H groups in total. The summed E-state index contributed by atoms with van der Waals surface area (Å²) in [7, 11) is 1.82. The second-order valence-electron chi connectivity index (χ2n) is 7.98. The number of carbonyl (C=O) groups excluding carboxylic acids is 1. The molecule has 5 nitrogen and oxygen atoms in total. The van der Waals surface area contributed by atoms with Crippen molar-refractivity contribution in [1.82, 2.24) is 15.5 Å². The molecule has 2 aliphatic rings. The highest BCUT2D eigenvalue weighted by molar-refractivity contribution is 14.0. The summed E-state index contributed by atoms with van der Waals surface area (Å²) >= 11 is 6.11. The first-order valence-corrected chi connectivity index (χ1v) is 11.0. The minimum absolute atomic E-state index is 0. The van der Waals surface area contributed by atoms with Crippen LogP contribution >= 0.6 is 35.6 Å². The lowest BCUT2D eigenvalue weighted by Crippen LogP contribution is -2.51. The van der Waals surface area contributed by atoms with Crippen LogP contribution in [0, 0.1) is 5.92 Å². The number of hydrogen-bond donors (Lipinski definition) is 2. The van der Waals surface area contributed by atoms with Gasteiger partial charge in [0.15, 0.2) is 5.96 Å². The normalized spacial score (nSPS) is 22.2. The summed E-state index contributed by atoms with van der Waals surface area (Å²) in [5.74, 6) is 1.86. The van der Waals surface area contributed by atoms with Crippen molar-refractivity contribution in [2.75, 3.05) is 20.1 Å². The van der Waals surface area contributed by atoms with Gasteiger partial charge in [0.1, 0.15) is 0 Å². The SMILES string of the molecule is CCC(CC)C(=O)N1CCC(NC(=NC)NC2CC2c2cccc(Cl)c2)CC1.I. The molecule has 1 heterocycles. The zero-order chi connectivity index (χ0) is 20.1. The number of amides is 1. The Labute approximate surface area is 197 Å². The Bertz CT molecular complexity index is 702. The van der Waals surface area contributed by atoms with E-state index in [4.69, 9.17) is 11.6 Å². The fourth-order valence-corrected chi connectivity index (χ4v) is 4.34. The molecule has 162 valence electrons. The van der Waals surface area contributed by atoms with Gasteiger partial charge in [-0.3, -0.25) is 9.79 Å². The molecule has 7 heteroatoms. The third-order valence-corrected chi connectivity index (χ3v) is 6.33. The van der Waals surface area contributed by atoms with Gasteiger partial charge >= 0.3 is 0 Å². The number of benzene rings is 1. The topological polar surface area (TPSA) is 56.7 Å². The van der Waals surface area contributed by atoms with Crippen LogP contribution in [0.3, 0.4) is 0 Å². The highest BCUT2D eigenvalue weighted by Crippen LogP contribution is 2.41. The predicted octanol–water partition coefficient (Wildman–Crippen LogP) is 4.41. The number of hydrogen-bond acceptors (Lipinski definition) is 2. The molecule has 1 saturated heterocycles. The van der Waals surface area contributed by atoms with Crippen LogP contribution in [0.2, 0.25) is 5.02 Å². The van der Waals surface area contributed by atoms with E-state index in [1.165, 1.54) is 5.56 Å². The molecule has 0 radical (unpaired) electrons. The highest BCUT2D eigenvalue weighted by Gasteiger charge is 2.39. The number of nitrogens with zero attached hydrogens (tertiary/aromatic N) is 2. The Morgan fingerprint density at radius 3 is 2.52 bits per heavy atom. The summed E-state index contributed by atoms with van der Waals surface area (Å²) in [6, 6.07) is 8.88. The lowest BCUT2D eigenvalue weighted by atomic mass is 9.98. The van der Waals surface area contributed by atoms with Crippen molar-refractivity contribution in [2.24, 2.45) is 10.9 Å². The van der Waals surface area contributed by atoms with Crippen molar-refractivity contribution >= 4 is 47.4 Å². The van der Waals surface area contributed by atoms with Crippen molar-refractivity contribution in [3.8, 4) is 0 Å². The number of aliphatic imine (C=N–C) groups is 1. The standard InChI is InChI=1S/C22H33ClN4O.HI/c1-4-15(5-2)21(28)27-11-9-18(10-12-27)25-22(24-3)26-20-14-19(20)16-7-6-8-17(23)13-16;/h6-8,13,15,18-20H,4-5,9-12,14H2,1-3H3,(H2,24,25,26);1H. The van der Waals surface area contributed by atoms with Crippen LogP contribution in [0.15, 0.2) is 29.3 Å². The van der Waals surface area contributed by atoms with E-state index in [2.05, 4.69) is 41.6 Å². The highest BCUT2D eigenvalue weighted by atomic mass is 127. The third-order valence-electron chi connectivity index (χ3n) is 6.10. The number of rotatable bonds is 6. The molecule has 1 saturated carbocycles. The monoisotopic (exact) mass is 532 g/mol. The predicted molar refractivity (Wildman–Crippen MR) is 131 cm³/mol. The molecule has 1 aromatic carbocycles. The van der Waals surface area contributed by atoms with E-state index in [1.54, 1.807) is 0 Å². The smallest absolute Gasteiger partial charge is 0.225 e. The number of halogens is 2. The van der Waals surface area contributed by atoms with Gasteiger partial charge in [-0.15, -0.1) is 24.0 Å². The van der Waals surface area contributed by atoms with Crippen molar-refractivity contribution in [3.63, 3.8) is 0 Å². The van der Waals surface area contributed by atoms with E-state index in [0.717, 1.165) is 56.2 Å². The first kappa shape index (κ1) is 24.3. The molecule has 0 aromatic heterocycles. The number of likely N-dealkylation sites (tertiary alicyclic amines) is 1. The summed E-state index contributed by atoms with van der Waals surface area (Å²) in [6.07, 6.45) is 4.89. The molecule has 0 bridgehead atoms. The summed E-state index contributed by atoms with van der Waals surface area (Å²) < 4.78 is 0. The lowest BCUT2D eigenvalue weighted by molar-refractivity contribution is -0.136. The first-order chi connectivity index (χ1) is 13.5. The van der Waals surface area contributed by atoms with E-state index in [9.17, 15) is 4.79 Å². The molecular weight excluding hydrogens is 499 g/mol. The molecular formula is C22H34ClIN4O. The summed E-state index contributed by atoms with van der Waals surface area (Å²) in [5.41, 5.74) is 1.29. The third kappa shape index (κ3) is 6.48. The van der Waals surface area contributed by atoms with Crippen molar-refractivity contribution < 1.29 is 4.79 Å². The minimum atomic E-state index is 0. The summed E-state index contributed by atoms with van der Waals surface area (Å²) in [5, 5.41) is 7.89. The van der Waals surface area contributed by atoms with Crippen LogP contribution < -0.4 is 10.6 Å². The van der Waals surface area contributed by atoms with E-state index in [0.29, 0.717) is 23.9 Å². The Kier molecular flexibility index (Phi) is 9.53. The number of nitrogens with one attached hydrogen (secondary N) is 2. The second-order valence-corrected chi connectivity index (χ2v) is 8.41. The van der Waals surface area contributed by atoms with Gasteiger partial charge in [0.05, 0.1) is 0 Å². The van der Waals surface area contributed by atoms with E-state index in [-0.39, 0.29) is 29.9 Å². The molecule has 29 heavy (non-hydrogen) atoms. The number of guanidine groups is 1. The molecule has 1 aliphatic carbocycles. The van der Waals surface area contributed by atoms with Gasteiger partial charge in [-0.25, -0.2) is 0 Å². The summed E-state index contributed by atoms with van der Waals surface area (Å²) in [4.78, 5) is 19.0. The van der Waals surface area contributed by atoms with Crippen LogP contribution in [0.4, 0.5) is 0 Å². The molecule has 1 amide bonds. The Morgan fingerprint density at radius 2 is 1.93 bits per heavy atom. The molecule has 0 spiro atoms. The fraction of sp³-hybridized carbons (Fsp3) is 0.636. The maximum Gasteiger partial charge on any atom is 0.225 e. The zero-order valence-corrected chi connectivity index (χ0v) is 20.7. The average molecular weight is 533 g/mol. The Balaban J connectivity index is 0.00000300. The quantitative estimate of drug-likeness (QED) is 0.324. The van der Waals surface area contributed by atoms with Crippen LogP contribution in [-0.4, -0.2) is 49.0 Å². The fourth-order valence-electron chi connectivity index (χ4n) is 4.14. The van der Waals surface area contributed by atoms with Gasteiger partial charge in [0, 0.05) is 49.1 Å². The van der Waals surface area contributed by atoms with E-state index < -0.39 is 0 Å². The van der Waals surface area contributed by atoms with Gasteiger partial charge in [0.2, 0.25) is 5.91 Å². The van der Waals surface area contributed by atoms with Crippen LogP contribution in [0.25, 0.3) is 0 Å².